The lowest BCUT2D eigenvalue weighted by Crippen LogP contribution is -2.14. The summed E-state index contributed by atoms with van der Waals surface area (Å²) in [6, 6.07) is 8.56. The minimum absolute atomic E-state index is 0.695. The van der Waals surface area contributed by atoms with Crippen LogP contribution in [-0.4, -0.2) is 4.98 Å². The van der Waals surface area contributed by atoms with Crippen LogP contribution in [0.2, 0.25) is 0 Å². The molecule has 1 heterocycles. The highest BCUT2D eigenvalue weighted by Gasteiger charge is 2.24. The summed E-state index contributed by atoms with van der Waals surface area (Å²) < 4.78 is 0. The molecule has 2 heteroatoms. The van der Waals surface area contributed by atoms with Gasteiger partial charge in [0.2, 0.25) is 0 Å². The molecule has 0 saturated heterocycles. The summed E-state index contributed by atoms with van der Waals surface area (Å²) in [4.78, 5) is 4.68. The number of nitrogens with one attached hydrogen (secondary N) is 1. The average molecular weight is 294 g/mol. The molecule has 0 bridgehead atoms. The molecule has 1 aliphatic carbocycles. The molecule has 1 N–H and O–H groups in total. The fourth-order valence-electron chi connectivity index (χ4n) is 3.78. The van der Waals surface area contributed by atoms with Gasteiger partial charge in [-0.25, -0.2) is 0 Å². The number of anilines is 2. The van der Waals surface area contributed by atoms with E-state index in [1.54, 1.807) is 0 Å². The van der Waals surface area contributed by atoms with E-state index in [2.05, 4.69) is 55.3 Å². The number of hydrogen-bond donors (Lipinski definition) is 1. The highest BCUT2D eigenvalue weighted by atomic mass is 14.9. The van der Waals surface area contributed by atoms with Gasteiger partial charge in [0.1, 0.15) is 0 Å². The molecular formula is C20H26N2. The predicted molar refractivity (Wildman–Crippen MR) is 94.0 cm³/mol. The van der Waals surface area contributed by atoms with Gasteiger partial charge in [-0.1, -0.05) is 25.5 Å². The second-order valence-electron chi connectivity index (χ2n) is 6.52. The molecule has 2 aromatic rings. The number of rotatable bonds is 4. The van der Waals surface area contributed by atoms with E-state index in [1.165, 1.54) is 60.2 Å². The van der Waals surface area contributed by atoms with Gasteiger partial charge >= 0.3 is 0 Å². The van der Waals surface area contributed by atoms with E-state index in [0.29, 0.717) is 5.92 Å². The zero-order chi connectivity index (χ0) is 15.5. The van der Waals surface area contributed by atoms with Crippen LogP contribution in [0.5, 0.6) is 0 Å². The minimum Gasteiger partial charge on any atom is -0.354 e. The van der Waals surface area contributed by atoms with Crippen molar-refractivity contribution in [3.63, 3.8) is 0 Å². The van der Waals surface area contributed by atoms with Crippen LogP contribution >= 0.6 is 0 Å². The Morgan fingerprint density at radius 1 is 1.27 bits per heavy atom. The molecule has 2 nitrogen and oxygen atoms in total. The van der Waals surface area contributed by atoms with Crippen LogP contribution in [0, 0.1) is 13.8 Å². The second kappa shape index (κ2) is 6.51. The summed E-state index contributed by atoms with van der Waals surface area (Å²) in [5.74, 6) is 0.695. The lowest BCUT2D eigenvalue weighted by Gasteiger charge is -2.28. The first-order valence-corrected chi connectivity index (χ1v) is 8.51. The molecule has 0 spiro atoms. The van der Waals surface area contributed by atoms with Gasteiger partial charge in [-0.15, -0.1) is 0 Å². The third kappa shape index (κ3) is 3.01. The maximum atomic E-state index is 4.68. The first-order chi connectivity index (χ1) is 10.7. The molecule has 0 amide bonds. The summed E-state index contributed by atoms with van der Waals surface area (Å²) >= 11 is 0. The topological polar surface area (TPSA) is 24.9 Å². The Bertz CT molecular complexity index is 661. The maximum Gasteiger partial charge on any atom is 0.0606 e. The van der Waals surface area contributed by atoms with E-state index in [0.717, 1.165) is 5.69 Å². The van der Waals surface area contributed by atoms with Crippen molar-refractivity contribution in [3.05, 3.63) is 52.8 Å². The van der Waals surface area contributed by atoms with Gasteiger partial charge in [0.25, 0.3) is 0 Å². The van der Waals surface area contributed by atoms with Crippen molar-refractivity contribution in [2.45, 2.75) is 58.8 Å². The van der Waals surface area contributed by atoms with Crippen LogP contribution < -0.4 is 5.32 Å². The highest BCUT2D eigenvalue weighted by Crippen LogP contribution is 2.40. The first-order valence-electron chi connectivity index (χ1n) is 8.51. The Labute approximate surface area is 134 Å². The van der Waals surface area contributed by atoms with Crippen LogP contribution in [0.4, 0.5) is 11.4 Å². The molecule has 22 heavy (non-hydrogen) atoms. The van der Waals surface area contributed by atoms with Gasteiger partial charge in [-0.05, 0) is 74.3 Å². The molecule has 0 aliphatic heterocycles. The Hall–Kier alpha value is -1.83. The van der Waals surface area contributed by atoms with Crippen LogP contribution in [0.15, 0.2) is 30.5 Å². The summed E-state index contributed by atoms with van der Waals surface area (Å²) in [5.41, 5.74) is 7.88. The van der Waals surface area contributed by atoms with Crippen molar-refractivity contribution < 1.29 is 0 Å². The standard InChI is InChI=1S/C20H26N2/c1-4-7-16-9-6-11-18-19(13-21-15(3)20(16)18)22-17-10-5-8-14(2)12-17/h5,8,10,12-13,16,22H,4,6-7,9,11H2,1-3H3. The zero-order valence-corrected chi connectivity index (χ0v) is 13.9. The van der Waals surface area contributed by atoms with Crippen LogP contribution in [-0.2, 0) is 6.42 Å². The summed E-state index contributed by atoms with van der Waals surface area (Å²) in [6.07, 6.45) is 8.33. The summed E-state index contributed by atoms with van der Waals surface area (Å²) in [6.45, 7) is 6.58. The van der Waals surface area contributed by atoms with Crippen molar-refractivity contribution in [2.75, 3.05) is 5.32 Å². The molecule has 1 unspecified atom stereocenters. The monoisotopic (exact) mass is 294 g/mol. The Balaban J connectivity index is 1.97. The second-order valence-corrected chi connectivity index (χ2v) is 6.52. The average Bonchev–Trinajstić information content (AvgIpc) is 2.51. The van der Waals surface area contributed by atoms with Gasteiger partial charge in [0.15, 0.2) is 0 Å². The van der Waals surface area contributed by atoms with Crippen molar-refractivity contribution in [2.24, 2.45) is 0 Å². The number of pyridine rings is 1. The van der Waals surface area contributed by atoms with Crippen molar-refractivity contribution >= 4 is 11.4 Å². The van der Waals surface area contributed by atoms with E-state index >= 15 is 0 Å². The number of fused-ring (bicyclic) bond motifs is 1. The molecule has 0 fully saturated rings. The Morgan fingerprint density at radius 3 is 2.91 bits per heavy atom. The molecule has 3 rings (SSSR count). The smallest absolute Gasteiger partial charge is 0.0606 e. The SMILES string of the molecule is CCCC1CCCc2c(Nc3cccc(C)c3)cnc(C)c21. The first kappa shape index (κ1) is 15.1. The van der Waals surface area contributed by atoms with Gasteiger partial charge in [-0.2, -0.15) is 0 Å². The lowest BCUT2D eigenvalue weighted by molar-refractivity contribution is 0.511. The van der Waals surface area contributed by atoms with E-state index in [1.807, 2.05) is 6.20 Å². The quantitative estimate of drug-likeness (QED) is 0.786. The fraction of sp³-hybridized carbons (Fsp3) is 0.450. The molecular weight excluding hydrogens is 268 g/mol. The molecule has 1 aromatic heterocycles. The van der Waals surface area contributed by atoms with Gasteiger partial charge in [0, 0.05) is 11.4 Å². The van der Waals surface area contributed by atoms with Gasteiger partial charge in [-0.3, -0.25) is 4.98 Å². The van der Waals surface area contributed by atoms with Crippen LogP contribution in [0.3, 0.4) is 0 Å². The Morgan fingerprint density at radius 2 is 2.14 bits per heavy atom. The number of aromatic nitrogens is 1. The van der Waals surface area contributed by atoms with E-state index in [4.69, 9.17) is 0 Å². The van der Waals surface area contributed by atoms with E-state index in [9.17, 15) is 0 Å². The minimum atomic E-state index is 0.695. The molecule has 1 aromatic carbocycles. The van der Waals surface area contributed by atoms with Gasteiger partial charge < -0.3 is 5.32 Å². The Kier molecular flexibility index (Phi) is 4.47. The number of aryl methyl sites for hydroxylation is 2. The zero-order valence-electron chi connectivity index (χ0n) is 13.9. The normalized spacial score (nSPS) is 17.1. The van der Waals surface area contributed by atoms with Crippen molar-refractivity contribution in [1.29, 1.82) is 0 Å². The van der Waals surface area contributed by atoms with E-state index in [-0.39, 0.29) is 0 Å². The third-order valence-electron chi connectivity index (χ3n) is 4.75. The highest BCUT2D eigenvalue weighted by molar-refractivity contribution is 5.65. The molecule has 0 saturated carbocycles. The largest absolute Gasteiger partial charge is 0.354 e. The van der Waals surface area contributed by atoms with Crippen molar-refractivity contribution in [1.82, 2.24) is 4.98 Å². The molecule has 1 atom stereocenters. The van der Waals surface area contributed by atoms with Crippen molar-refractivity contribution in [3.8, 4) is 0 Å². The van der Waals surface area contributed by atoms with Gasteiger partial charge in [0.05, 0.1) is 11.9 Å². The number of benzene rings is 1. The lowest BCUT2D eigenvalue weighted by atomic mass is 9.79. The number of nitrogens with zero attached hydrogens (tertiary/aromatic N) is 1. The summed E-state index contributed by atoms with van der Waals surface area (Å²) in [5, 5.41) is 3.60. The maximum absolute atomic E-state index is 4.68. The fourth-order valence-corrected chi connectivity index (χ4v) is 3.78. The molecule has 1 aliphatic rings. The molecule has 0 radical (unpaired) electrons. The van der Waals surface area contributed by atoms with E-state index < -0.39 is 0 Å². The summed E-state index contributed by atoms with van der Waals surface area (Å²) in [7, 11) is 0. The predicted octanol–water partition coefficient (Wildman–Crippen LogP) is 5.66. The van der Waals surface area contributed by atoms with Crippen LogP contribution in [0.25, 0.3) is 0 Å². The number of hydrogen-bond acceptors (Lipinski definition) is 2. The third-order valence-corrected chi connectivity index (χ3v) is 4.75. The van der Waals surface area contributed by atoms with Crippen LogP contribution in [0.1, 0.15) is 60.9 Å². The molecule has 116 valence electrons.